The van der Waals surface area contributed by atoms with E-state index in [2.05, 4.69) is 10.1 Å². The third-order valence-electron chi connectivity index (χ3n) is 5.74. The highest BCUT2D eigenvalue weighted by atomic mass is 19.1. The summed E-state index contributed by atoms with van der Waals surface area (Å²) in [5.74, 6) is 0.807. The number of amides is 1. The normalized spacial score (nSPS) is 16.0. The van der Waals surface area contributed by atoms with Crippen LogP contribution in [0, 0.1) is 19.7 Å². The number of likely N-dealkylation sites (tertiary alicyclic amines) is 1. The van der Waals surface area contributed by atoms with Crippen molar-refractivity contribution < 1.29 is 13.7 Å². The minimum atomic E-state index is -0.340. The monoisotopic (exact) mass is 423 g/mol. The van der Waals surface area contributed by atoms with E-state index in [0.29, 0.717) is 23.8 Å². The quantitative estimate of drug-likeness (QED) is 0.620. The summed E-state index contributed by atoms with van der Waals surface area (Å²) >= 11 is 0. The zero-order valence-corrected chi connectivity index (χ0v) is 18.2. The molecule has 4 rings (SSSR count). The second kappa shape index (κ2) is 8.45. The predicted octanol–water partition coefficient (Wildman–Crippen LogP) is 3.86. The molecule has 3 heterocycles. The summed E-state index contributed by atoms with van der Waals surface area (Å²) in [6.07, 6.45) is 3.56. The highest BCUT2D eigenvalue weighted by Crippen LogP contribution is 2.38. The molecule has 7 nitrogen and oxygen atoms in total. The molecule has 162 valence electrons. The lowest BCUT2D eigenvalue weighted by molar-refractivity contribution is -0.131. The van der Waals surface area contributed by atoms with Crippen molar-refractivity contribution in [2.45, 2.75) is 39.2 Å². The molecule has 1 atom stereocenters. The van der Waals surface area contributed by atoms with Gasteiger partial charge in [0.05, 0.1) is 29.4 Å². The van der Waals surface area contributed by atoms with Crippen LogP contribution in [0.2, 0.25) is 0 Å². The van der Waals surface area contributed by atoms with Crippen molar-refractivity contribution in [1.29, 1.82) is 0 Å². The van der Waals surface area contributed by atoms with Crippen LogP contribution in [0.15, 0.2) is 35.0 Å². The molecule has 1 aromatic carbocycles. The van der Waals surface area contributed by atoms with Gasteiger partial charge < -0.3 is 14.3 Å². The Morgan fingerprint density at radius 2 is 2.13 bits per heavy atom. The maximum atomic E-state index is 13.6. The molecular weight excluding hydrogens is 397 g/mol. The first-order valence-electron chi connectivity index (χ1n) is 10.4. The molecule has 1 amide bonds. The van der Waals surface area contributed by atoms with E-state index in [1.165, 1.54) is 12.1 Å². The van der Waals surface area contributed by atoms with Gasteiger partial charge in [-0.25, -0.2) is 14.4 Å². The number of carbonyl (C=O) groups excluding carboxylic acids is 1. The van der Waals surface area contributed by atoms with E-state index in [-0.39, 0.29) is 24.2 Å². The zero-order chi connectivity index (χ0) is 22.1. The van der Waals surface area contributed by atoms with Crippen molar-refractivity contribution in [2.24, 2.45) is 0 Å². The first-order chi connectivity index (χ1) is 14.8. The summed E-state index contributed by atoms with van der Waals surface area (Å²) < 4.78 is 19.2. The Morgan fingerprint density at radius 1 is 1.32 bits per heavy atom. The summed E-state index contributed by atoms with van der Waals surface area (Å²) in [5.41, 5.74) is 3.90. The van der Waals surface area contributed by atoms with Crippen molar-refractivity contribution >= 4 is 11.9 Å². The fraction of sp³-hybridized carbons (Fsp3) is 0.391. The summed E-state index contributed by atoms with van der Waals surface area (Å²) in [7, 11) is 3.76. The molecule has 1 aliphatic heterocycles. The zero-order valence-electron chi connectivity index (χ0n) is 18.2. The van der Waals surface area contributed by atoms with Gasteiger partial charge in [-0.15, -0.1) is 0 Å². The topological polar surface area (TPSA) is 75.4 Å². The summed E-state index contributed by atoms with van der Waals surface area (Å²) in [6.45, 7) is 4.47. The number of nitrogens with zero attached hydrogens (tertiary/aromatic N) is 5. The molecule has 0 spiro atoms. The summed E-state index contributed by atoms with van der Waals surface area (Å²) in [6, 6.07) is 5.98. The van der Waals surface area contributed by atoms with Crippen LogP contribution in [0.4, 0.5) is 10.3 Å². The molecule has 3 aromatic rings. The van der Waals surface area contributed by atoms with Gasteiger partial charge in [-0.05, 0) is 44.4 Å². The lowest BCUT2D eigenvalue weighted by Crippen LogP contribution is -2.33. The molecule has 0 N–H and O–H groups in total. The van der Waals surface area contributed by atoms with E-state index >= 15 is 0 Å². The van der Waals surface area contributed by atoms with Gasteiger partial charge in [0.15, 0.2) is 5.76 Å². The number of aromatic nitrogens is 3. The van der Waals surface area contributed by atoms with Crippen molar-refractivity contribution in [1.82, 2.24) is 20.0 Å². The van der Waals surface area contributed by atoms with Crippen molar-refractivity contribution in [3.63, 3.8) is 0 Å². The molecule has 8 heteroatoms. The van der Waals surface area contributed by atoms with Crippen molar-refractivity contribution in [3.05, 3.63) is 58.8 Å². The standard InChI is InChI=1S/C23H26FN5O2/c1-14-15(2)27-31-22(14)18-13-25-23(28(3)4)26-21(18)19-9-6-10-29(19)20(30)12-16-7-5-8-17(24)11-16/h5,7-8,11,13,19H,6,9-10,12H2,1-4H3/t19-/m1/s1. The number of hydrogen-bond donors (Lipinski definition) is 0. The Balaban J connectivity index is 1.71. The first-order valence-corrected chi connectivity index (χ1v) is 10.4. The fourth-order valence-electron chi connectivity index (χ4n) is 3.97. The molecule has 1 saturated heterocycles. The minimum Gasteiger partial charge on any atom is -0.356 e. The first kappa shape index (κ1) is 21.0. The minimum absolute atomic E-state index is 0.0467. The van der Waals surface area contributed by atoms with Crippen LogP contribution in [-0.2, 0) is 11.2 Å². The molecule has 2 aromatic heterocycles. The smallest absolute Gasteiger partial charge is 0.227 e. The molecular formula is C23H26FN5O2. The third-order valence-corrected chi connectivity index (χ3v) is 5.74. The van der Waals surface area contributed by atoms with Crippen LogP contribution in [0.1, 0.15) is 41.4 Å². The van der Waals surface area contributed by atoms with E-state index in [1.54, 1.807) is 18.3 Å². The molecule has 0 bridgehead atoms. The van der Waals surface area contributed by atoms with E-state index in [9.17, 15) is 9.18 Å². The third kappa shape index (κ3) is 4.15. The Bertz CT molecular complexity index is 1110. The highest BCUT2D eigenvalue weighted by Gasteiger charge is 2.34. The number of halogens is 1. The van der Waals surface area contributed by atoms with E-state index in [1.807, 2.05) is 37.7 Å². The van der Waals surface area contributed by atoms with Gasteiger partial charge in [0, 0.05) is 32.4 Å². The predicted molar refractivity (Wildman–Crippen MR) is 115 cm³/mol. The van der Waals surface area contributed by atoms with E-state index < -0.39 is 0 Å². The van der Waals surface area contributed by atoms with E-state index in [4.69, 9.17) is 9.51 Å². The highest BCUT2D eigenvalue weighted by molar-refractivity contribution is 5.80. The molecule has 0 aliphatic carbocycles. The van der Waals surface area contributed by atoms with E-state index in [0.717, 1.165) is 35.4 Å². The van der Waals surface area contributed by atoms with Crippen LogP contribution < -0.4 is 4.90 Å². The van der Waals surface area contributed by atoms with Gasteiger partial charge in [-0.3, -0.25) is 4.79 Å². The molecule has 1 aliphatic rings. The van der Waals surface area contributed by atoms with Gasteiger partial charge in [-0.2, -0.15) is 0 Å². The van der Waals surface area contributed by atoms with Gasteiger partial charge in [0.25, 0.3) is 0 Å². The molecule has 0 radical (unpaired) electrons. The number of hydrogen-bond acceptors (Lipinski definition) is 6. The average molecular weight is 423 g/mol. The lowest BCUT2D eigenvalue weighted by Gasteiger charge is -2.26. The molecule has 0 unspecified atom stereocenters. The maximum absolute atomic E-state index is 13.6. The van der Waals surface area contributed by atoms with Crippen LogP contribution in [0.5, 0.6) is 0 Å². The van der Waals surface area contributed by atoms with Gasteiger partial charge >= 0.3 is 0 Å². The Hall–Kier alpha value is -3.29. The van der Waals surface area contributed by atoms with Crippen LogP contribution in [0.25, 0.3) is 11.3 Å². The SMILES string of the molecule is Cc1noc(-c2cnc(N(C)C)nc2[C@H]2CCCN2C(=O)Cc2cccc(F)c2)c1C. The Kier molecular flexibility index (Phi) is 5.71. The lowest BCUT2D eigenvalue weighted by atomic mass is 10.0. The molecule has 0 saturated carbocycles. The van der Waals surface area contributed by atoms with Gasteiger partial charge in [0.2, 0.25) is 11.9 Å². The largest absolute Gasteiger partial charge is 0.356 e. The van der Waals surface area contributed by atoms with Crippen LogP contribution in [-0.4, -0.2) is 46.6 Å². The number of carbonyl (C=O) groups is 1. The fourth-order valence-corrected chi connectivity index (χ4v) is 3.97. The average Bonchev–Trinajstić information content (AvgIpc) is 3.35. The molecule has 31 heavy (non-hydrogen) atoms. The van der Waals surface area contributed by atoms with Crippen LogP contribution >= 0.6 is 0 Å². The molecule has 1 fully saturated rings. The Labute approximate surface area is 180 Å². The number of benzene rings is 1. The number of rotatable bonds is 5. The second-order valence-corrected chi connectivity index (χ2v) is 8.14. The van der Waals surface area contributed by atoms with Crippen LogP contribution in [0.3, 0.4) is 0 Å². The second-order valence-electron chi connectivity index (χ2n) is 8.14. The summed E-state index contributed by atoms with van der Waals surface area (Å²) in [5, 5.41) is 4.08. The number of aryl methyl sites for hydroxylation is 1. The van der Waals surface area contributed by atoms with Gasteiger partial charge in [-0.1, -0.05) is 17.3 Å². The van der Waals surface area contributed by atoms with Gasteiger partial charge in [0.1, 0.15) is 5.82 Å². The number of anilines is 1. The summed E-state index contributed by atoms with van der Waals surface area (Å²) in [4.78, 5) is 26.1. The Morgan fingerprint density at radius 3 is 2.81 bits per heavy atom. The maximum Gasteiger partial charge on any atom is 0.227 e. The van der Waals surface area contributed by atoms with Crippen molar-refractivity contribution in [3.8, 4) is 11.3 Å². The van der Waals surface area contributed by atoms with Crippen molar-refractivity contribution in [2.75, 3.05) is 25.5 Å².